The van der Waals surface area contributed by atoms with Crippen LogP contribution in [0, 0.1) is 5.92 Å². The first-order chi connectivity index (χ1) is 9.33. The second kappa shape index (κ2) is 5.61. The topological polar surface area (TPSA) is 53.9 Å². The van der Waals surface area contributed by atoms with E-state index in [1.54, 1.807) is 6.07 Å². The lowest BCUT2D eigenvalue weighted by molar-refractivity contribution is 0.292. The number of aliphatic imine (C=N–C) groups is 1. The van der Waals surface area contributed by atoms with Gasteiger partial charge in [-0.3, -0.25) is 0 Å². The molecule has 19 heavy (non-hydrogen) atoms. The van der Waals surface area contributed by atoms with E-state index in [1.807, 2.05) is 18.2 Å². The van der Waals surface area contributed by atoms with Crippen LogP contribution in [0.2, 0.25) is 0 Å². The third-order valence-electron chi connectivity index (χ3n) is 3.93. The number of benzene rings is 1. The Morgan fingerprint density at radius 2 is 2.05 bits per heavy atom. The number of nitrogens with one attached hydrogen (secondary N) is 1. The van der Waals surface area contributed by atoms with Crippen molar-refractivity contribution in [1.29, 1.82) is 0 Å². The summed E-state index contributed by atoms with van der Waals surface area (Å²) in [6.45, 7) is 2.75. The Kier molecular flexibility index (Phi) is 3.69. The lowest BCUT2D eigenvalue weighted by atomic mass is 9.95. The predicted octanol–water partition coefficient (Wildman–Crippen LogP) is 2.25. The number of hydrogen-bond donors (Lipinski definition) is 2. The number of rotatable bonds is 3. The maximum Gasteiger partial charge on any atom is 0.184 e. The van der Waals surface area contributed by atoms with Gasteiger partial charge in [-0.2, -0.15) is 0 Å². The van der Waals surface area contributed by atoms with Gasteiger partial charge in [0.05, 0.1) is 0 Å². The number of nitrogens with zero attached hydrogens (tertiary/aromatic N) is 1. The number of ether oxygens (including phenoxy) is 1. The van der Waals surface area contributed by atoms with Crippen LogP contribution in [0.5, 0.6) is 5.75 Å². The molecule has 2 heterocycles. The van der Waals surface area contributed by atoms with Gasteiger partial charge >= 0.3 is 0 Å². The molecule has 0 spiro atoms. The summed E-state index contributed by atoms with van der Waals surface area (Å²) in [7, 11) is 0. The lowest BCUT2D eigenvalue weighted by Crippen LogP contribution is -2.28. The van der Waals surface area contributed by atoms with Gasteiger partial charge in [-0.1, -0.05) is 18.2 Å². The van der Waals surface area contributed by atoms with Crippen LogP contribution < -0.4 is 5.32 Å². The summed E-state index contributed by atoms with van der Waals surface area (Å²) >= 11 is 0. The largest absolute Gasteiger partial charge is 0.508 e. The molecule has 3 rings (SSSR count). The Balaban J connectivity index is 1.65. The summed E-state index contributed by atoms with van der Waals surface area (Å²) in [4.78, 5) is 4.63. The van der Waals surface area contributed by atoms with Crippen molar-refractivity contribution in [3.05, 3.63) is 29.8 Å². The molecule has 0 amide bonds. The van der Waals surface area contributed by atoms with Gasteiger partial charge in [-0.05, 0) is 37.9 Å². The second-order valence-electron chi connectivity index (χ2n) is 5.31. The Morgan fingerprint density at radius 3 is 2.84 bits per heavy atom. The van der Waals surface area contributed by atoms with E-state index in [9.17, 15) is 5.11 Å². The molecule has 2 aliphatic heterocycles. The zero-order valence-electron chi connectivity index (χ0n) is 11.0. The molecular weight excluding hydrogens is 240 g/mol. The molecule has 102 valence electrons. The van der Waals surface area contributed by atoms with E-state index in [0.29, 0.717) is 18.3 Å². The normalized spacial score (nSPS) is 24.0. The molecule has 1 unspecified atom stereocenters. The third-order valence-corrected chi connectivity index (χ3v) is 3.93. The molecule has 0 saturated carbocycles. The van der Waals surface area contributed by atoms with Gasteiger partial charge < -0.3 is 15.2 Å². The van der Waals surface area contributed by atoms with E-state index in [1.165, 1.54) is 12.8 Å². The first-order valence-electron chi connectivity index (χ1n) is 7.01. The fourth-order valence-electron chi connectivity index (χ4n) is 2.80. The molecular formula is C15H20N2O2. The summed E-state index contributed by atoms with van der Waals surface area (Å²) < 4.78 is 5.70. The average Bonchev–Trinajstić information content (AvgIpc) is 2.89. The minimum Gasteiger partial charge on any atom is -0.508 e. The molecule has 1 fully saturated rings. The van der Waals surface area contributed by atoms with E-state index in [0.717, 1.165) is 31.0 Å². The van der Waals surface area contributed by atoms with Gasteiger partial charge in [0.1, 0.15) is 18.4 Å². The van der Waals surface area contributed by atoms with Crippen molar-refractivity contribution in [3.8, 4) is 5.75 Å². The van der Waals surface area contributed by atoms with Gasteiger partial charge in [-0.15, -0.1) is 0 Å². The number of para-hydroxylation sites is 1. The van der Waals surface area contributed by atoms with Crippen molar-refractivity contribution < 1.29 is 9.84 Å². The van der Waals surface area contributed by atoms with Crippen LogP contribution in [0.25, 0.3) is 0 Å². The molecule has 4 nitrogen and oxygen atoms in total. The maximum atomic E-state index is 9.85. The summed E-state index contributed by atoms with van der Waals surface area (Å²) in [5, 5.41) is 13.2. The Morgan fingerprint density at radius 1 is 1.26 bits per heavy atom. The SMILES string of the molecule is Oc1ccccc1C1COC(CC2CCNCC2)=N1. The quantitative estimate of drug-likeness (QED) is 0.876. The van der Waals surface area contributed by atoms with Crippen LogP contribution in [0.1, 0.15) is 30.9 Å². The minimum atomic E-state index is -0.0436. The highest BCUT2D eigenvalue weighted by Crippen LogP contribution is 2.31. The zero-order chi connectivity index (χ0) is 13.1. The molecule has 0 bridgehead atoms. The third kappa shape index (κ3) is 2.89. The van der Waals surface area contributed by atoms with Gasteiger partial charge in [-0.25, -0.2) is 4.99 Å². The Hall–Kier alpha value is -1.55. The van der Waals surface area contributed by atoms with Crippen molar-refractivity contribution in [3.63, 3.8) is 0 Å². The number of hydrogen-bond acceptors (Lipinski definition) is 4. The number of piperidine rings is 1. The second-order valence-corrected chi connectivity index (χ2v) is 5.31. The first kappa shape index (κ1) is 12.5. The van der Waals surface area contributed by atoms with E-state index in [-0.39, 0.29) is 6.04 Å². The molecule has 1 aromatic carbocycles. The molecule has 0 aromatic heterocycles. The Labute approximate surface area is 113 Å². The highest BCUT2D eigenvalue weighted by Gasteiger charge is 2.25. The van der Waals surface area contributed by atoms with Crippen LogP contribution in [0.4, 0.5) is 0 Å². The fraction of sp³-hybridized carbons (Fsp3) is 0.533. The summed E-state index contributed by atoms with van der Waals surface area (Å²) in [5.41, 5.74) is 0.864. The minimum absolute atomic E-state index is 0.0436. The lowest BCUT2D eigenvalue weighted by Gasteiger charge is -2.21. The van der Waals surface area contributed by atoms with Gasteiger partial charge in [0, 0.05) is 12.0 Å². The molecule has 1 aromatic rings. The Bertz CT molecular complexity index is 467. The molecule has 1 atom stereocenters. The number of aromatic hydroxyl groups is 1. The standard InChI is InChI=1S/C15H20N2O2/c18-14-4-2-1-3-12(14)13-10-19-15(17-13)9-11-5-7-16-8-6-11/h1-4,11,13,16,18H,5-10H2. The van der Waals surface area contributed by atoms with Crippen molar-refractivity contribution in [2.24, 2.45) is 10.9 Å². The van der Waals surface area contributed by atoms with Crippen LogP contribution in [0.15, 0.2) is 29.3 Å². The monoisotopic (exact) mass is 260 g/mol. The van der Waals surface area contributed by atoms with Gasteiger partial charge in [0.15, 0.2) is 5.90 Å². The zero-order valence-corrected chi connectivity index (χ0v) is 11.0. The first-order valence-corrected chi connectivity index (χ1v) is 7.01. The van der Waals surface area contributed by atoms with E-state index < -0.39 is 0 Å². The highest BCUT2D eigenvalue weighted by molar-refractivity contribution is 5.78. The maximum absolute atomic E-state index is 9.85. The summed E-state index contributed by atoms with van der Waals surface area (Å²) in [6, 6.07) is 7.33. The van der Waals surface area contributed by atoms with Crippen LogP contribution in [-0.4, -0.2) is 30.7 Å². The van der Waals surface area contributed by atoms with Gasteiger partial charge in [0.2, 0.25) is 0 Å². The van der Waals surface area contributed by atoms with Gasteiger partial charge in [0.25, 0.3) is 0 Å². The number of phenolic OH excluding ortho intramolecular Hbond substituents is 1. The van der Waals surface area contributed by atoms with Crippen LogP contribution in [-0.2, 0) is 4.74 Å². The van der Waals surface area contributed by atoms with E-state index >= 15 is 0 Å². The highest BCUT2D eigenvalue weighted by atomic mass is 16.5. The van der Waals surface area contributed by atoms with E-state index in [2.05, 4.69) is 10.3 Å². The summed E-state index contributed by atoms with van der Waals surface area (Å²) in [5.74, 6) is 1.85. The van der Waals surface area contributed by atoms with Crippen molar-refractivity contribution in [2.75, 3.05) is 19.7 Å². The van der Waals surface area contributed by atoms with Crippen molar-refractivity contribution in [1.82, 2.24) is 5.32 Å². The molecule has 2 aliphatic rings. The fourth-order valence-corrected chi connectivity index (χ4v) is 2.80. The van der Waals surface area contributed by atoms with Crippen LogP contribution in [0.3, 0.4) is 0 Å². The van der Waals surface area contributed by atoms with E-state index in [4.69, 9.17) is 4.74 Å². The van der Waals surface area contributed by atoms with Crippen molar-refractivity contribution >= 4 is 5.90 Å². The predicted molar refractivity (Wildman–Crippen MR) is 74.4 cm³/mol. The molecule has 2 N–H and O–H groups in total. The smallest absolute Gasteiger partial charge is 0.184 e. The summed E-state index contributed by atoms with van der Waals surface area (Å²) in [6.07, 6.45) is 3.33. The molecule has 0 aliphatic carbocycles. The molecule has 4 heteroatoms. The number of phenols is 1. The van der Waals surface area contributed by atoms with Crippen LogP contribution >= 0.6 is 0 Å². The van der Waals surface area contributed by atoms with Crippen molar-refractivity contribution in [2.45, 2.75) is 25.3 Å². The average molecular weight is 260 g/mol. The molecule has 1 saturated heterocycles. The molecule has 0 radical (unpaired) electrons.